The van der Waals surface area contributed by atoms with Crippen LogP contribution in [-0.4, -0.2) is 18.1 Å². The van der Waals surface area contributed by atoms with Gasteiger partial charge in [-0.3, -0.25) is 0 Å². The van der Waals surface area contributed by atoms with E-state index in [0.717, 1.165) is 18.3 Å². The SMILES string of the molecule is CC(C)COc1nc(NCC2(C3CC3)CC2)ccc1N. The smallest absolute Gasteiger partial charge is 0.239 e. The first-order valence-corrected chi connectivity index (χ1v) is 7.72. The summed E-state index contributed by atoms with van der Waals surface area (Å²) in [4.78, 5) is 4.50. The van der Waals surface area contributed by atoms with E-state index in [0.29, 0.717) is 29.5 Å². The van der Waals surface area contributed by atoms with Crippen LogP contribution in [0.2, 0.25) is 0 Å². The second kappa shape index (κ2) is 5.15. The predicted octanol–water partition coefficient (Wildman–Crippen LogP) is 3.30. The number of nitrogen functional groups attached to an aromatic ring is 1. The molecule has 2 aliphatic rings. The molecule has 110 valence electrons. The highest BCUT2D eigenvalue weighted by atomic mass is 16.5. The Hall–Kier alpha value is -1.45. The molecule has 0 amide bonds. The number of pyridine rings is 1. The Kier molecular flexibility index (Phi) is 3.48. The Morgan fingerprint density at radius 1 is 1.40 bits per heavy atom. The van der Waals surface area contributed by atoms with Crippen LogP contribution in [0, 0.1) is 17.3 Å². The molecule has 2 fully saturated rings. The third kappa shape index (κ3) is 3.00. The minimum absolute atomic E-state index is 0.470. The summed E-state index contributed by atoms with van der Waals surface area (Å²) in [7, 11) is 0. The van der Waals surface area contributed by atoms with E-state index in [1.807, 2.05) is 12.1 Å². The third-order valence-electron chi connectivity index (χ3n) is 4.40. The largest absolute Gasteiger partial charge is 0.476 e. The standard InChI is InChI=1S/C16H25N3O/c1-11(2)9-20-15-13(17)5-6-14(19-15)18-10-16(7-8-16)12-3-4-12/h5-6,11-12H,3-4,7-10,17H2,1-2H3,(H,18,19). The highest BCUT2D eigenvalue weighted by Gasteiger charge is 2.53. The van der Waals surface area contributed by atoms with E-state index in [-0.39, 0.29) is 0 Å². The van der Waals surface area contributed by atoms with Crippen LogP contribution in [0.1, 0.15) is 39.5 Å². The van der Waals surface area contributed by atoms with Gasteiger partial charge in [0.1, 0.15) is 5.82 Å². The number of rotatable bonds is 7. The van der Waals surface area contributed by atoms with Crippen LogP contribution in [0.5, 0.6) is 5.88 Å². The molecule has 1 heterocycles. The molecule has 0 atom stereocenters. The average molecular weight is 275 g/mol. The van der Waals surface area contributed by atoms with Gasteiger partial charge in [-0.15, -0.1) is 0 Å². The van der Waals surface area contributed by atoms with Crippen LogP contribution in [0.4, 0.5) is 11.5 Å². The van der Waals surface area contributed by atoms with Gasteiger partial charge >= 0.3 is 0 Å². The van der Waals surface area contributed by atoms with E-state index in [4.69, 9.17) is 10.5 Å². The number of aromatic nitrogens is 1. The minimum atomic E-state index is 0.470. The van der Waals surface area contributed by atoms with Gasteiger partial charge in [-0.2, -0.15) is 4.98 Å². The van der Waals surface area contributed by atoms with Crippen molar-refractivity contribution in [1.82, 2.24) is 4.98 Å². The van der Waals surface area contributed by atoms with Gasteiger partial charge in [0.25, 0.3) is 0 Å². The number of nitrogens with zero attached hydrogens (tertiary/aromatic N) is 1. The van der Waals surface area contributed by atoms with E-state index < -0.39 is 0 Å². The molecule has 0 spiro atoms. The predicted molar refractivity (Wildman–Crippen MR) is 81.9 cm³/mol. The van der Waals surface area contributed by atoms with Gasteiger partial charge in [0.15, 0.2) is 0 Å². The van der Waals surface area contributed by atoms with Crippen molar-refractivity contribution >= 4 is 11.5 Å². The van der Waals surface area contributed by atoms with Gasteiger partial charge in [0, 0.05) is 6.54 Å². The summed E-state index contributed by atoms with van der Waals surface area (Å²) in [5.74, 6) is 2.86. The summed E-state index contributed by atoms with van der Waals surface area (Å²) in [6.45, 7) is 5.92. The van der Waals surface area contributed by atoms with Gasteiger partial charge in [0.05, 0.1) is 12.3 Å². The van der Waals surface area contributed by atoms with Gasteiger partial charge in [0.2, 0.25) is 5.88 Å². The Morgan fingerprint density at radius 2 is 2.15 bits per heavy atom. The number of ether oxygens (including phenoxy) is 1. The molecule has 0 unspecified atom stereocenters. The molecule has 4 heteroatoms. The molecule has 1 aromatic heterocycles. The first kappa shape index (κ1) is 13.5. The maximum absolute atomic E-state index is 5.91. The van der Waals surface area contributed by atoms with E-state index in [1.54, 1.807) is 0 Å². The van der Waals surface area contributed by atoms with Gasteiger partial charge in [-0.05, 0) is 55.1 Å². The molecule has 0 aliphatic heterocycles. The monoisotopic (exact) mass is 275 g/mol. The molecule has 0 radical (unpaired) electrons. The number of anilines is 2. The van der Waals surface area contributed by atoms with Crippen LogP contribution in [0.15, 0.2) is 12.1 Å². The molecular formula is C16H25N3O. The summed E-state index contributed by atoms with van der Waals surface area (Å²) in [5, 5.41) is 3.48. The van der Waals surface area contributed by atoms with Crippen molar-refractivity contribution in [3.63, 3.8) is 0 Å². The van der Waals surface area contributed by atoms with Crippen LogP contribution in [-0.2, 0) is 0 Å². The first-order valence-electron chi connectivity index (χ1n) is 7.72. The van der Waals surface area contributed by atoms with Crippen molar-refractivity contribution in [3.8, 4) is 5.88 Å². The summed E-state index contributed by atoms with van der Waals surface area (Å²) in [6.07, 6.45) is 5.58. The number of nitrogens with one attached hydrogen (secondary N) is 1. The molecule has 1 aromatic rings. The maximum atomic E-state index is 5.91. The lowest BCUT2D eigenvalue weighted by Crippen LogP contribution is -2.18. The molecule has 0 aromatic carbocycles. The maximum Gasteiger partial charge on any atom is 0.239 e. The van der Waals surface area contributed by atoms with Crippen LogP contribution >= 0.6 is 0 Å². The summed E-state index contributed by atoms with van der Waals surface area (Å²) >= 11 is 0. The molecule has 3 N–H and O–H groups in total. The van der Waals surface area contributed by atoms with Crippen molar-refractivity contribution in [2.75, 3.05) is 24.2 Å². The Bertz CT molecular complexity index is 479. The molecule has 0 bridgehead atoms. The molecule has 2 aliphatic carbocycles. The fourth-order valence-corrected chi connectivity index (χ4v) is 2.76. The second-order valence-electron chi connectivity index (χ2n) is 6.79. The van der Waals surface area contributed by atoms with Gasteiger partial charge < -0.3 is 15.8 Å². The van der Waals surface area contributed by atoms with Gasteiger partial charge in [-0.25, -0.2) is 0 Å². The van der Waals surface area contributed by atoms with E-state index in [2.05, 4.69) is 24.1 Å². The molecule has 3 rings (SSSR count). The molecular weight excluding hydrogens is 250 g/mol. The van der Waals surface area contributed by atoms with Crippen LogP contribution < -0.4 is 15.8 Å². The fraction of sp³-hybridized carbons (Fsp3) is 0.688. The van der Waals surface area contributed by atoms with Crippen molar-refractivity contribution in [2.24, 2.45) is 17.3 Å². The summed E-state index contributed by atoms with van der Waals surface area (Å²) < 4.78 is 5.67. The lowest BCUT2D eigenvalue weighted by atomic mass is 10.0. The Morgan fingerprint density at radius 3 is 2.75 bits per heavy atom. The van der Waals surface area contributed by atoms with E-state index >= 15 is 0 Å². The zero-order valence-electron chi connectivity index (χ0n) is 12.5. The normalized spacial score (nSPS) is 19.9. The van der Waals surface area contributed by atoms with Crippen molar-refractivity contribution < 1.29 is 4.74 Å². The lowest BCUT2D eigenvalue weighted by molar-refractivity contribution is 0.263. The zero-order valence-corrected chi connectivity index (χ0v) is 12.5. The first-order chi connectivity index (χ1) is 9.59. The molecule has 2 saturated carbocycles. The van der Waals surface area contributed by atoms with Crippen molar-refractivity contribution in [3.05, 3.63) is 12.1 Å². The van der Waals surface area contributed by atoms with Crippen LogP contribution in [0.3, 0.4) is 0 Å². The van der Waals surface area contributed by atoms with Gasteiger partial charge in [-0.1, -0.05) is 13.8 Å². The topological polar surface area (TPSA) is 60.2 Å². The number of nitrogens with two attached hydrogens (primary N) is 1. The summed E-state index contributed by atoms with van der Waals surface area (Å²) in [6, 6.07) is 3.82. The van der Waals surface area contributed by atoms with Crippen LogP contribution in [0.25, 0.3) is 0 Å². The zero-order chi connectivity index (χ0) is 14.2. The minimum Gasteiger partial charge on any atom is -0.476 e. The lowest BCUT2D eigenvalue weighted by Gasteiger charge is -2.16. The average Bonchev–Trinajstić information content (AvgIpc) is 3.26. The molecule has 20 heavy (non-hydrogen) atoms. The highest BCUT2D eigenvalue weighted by molar-refractivity contribution is 5.53. The van der Waals surface area contributed by atoms with E-state index in [1.165, 1.54) is 25.7 Å². The fourth-order valence-electron chi connectivity index (χ4n) is 2.76. The highest BCUT2D eigenvalue weighted by Crippen LogP contribution is 2.61. The number of hydrogen-bond acceptors (Lipinski definition) is 4. The van der Waals surface area contributed by atoms with Crippen molar-refractivity contribution in [2.45, 2.75) is 39.5 Å². The Balaban J connectivity index is 1.60. The van der Waals surface area contributed by atoms with E-state index in [9.17, 15) is 0 Å². The Labute approximate surface area is 121 Å². The quantitative estimate of drug-likeness (QED) is 0.801. The molecule has 4 nitrogen and oxygen atoms in total. The summed E-state index contributed by atoms with van der Waals surface area (Å²) in [5.41, 5.74) is 7.10. The second-order valence-corrected chi connectivity index (χ2v) is 6.79. The van der Waals surface area contributed by atoms with Crippen molar-refractivity contribution in [1.29, 1.82) is 0 Å². The third-order valence-corrected chi connectivity index (χ3v) is 4.40. The molecule has 0 saturated heterocycles. The number of hydrogen-bond donors (Lipinski definition) is 2.